The molecule has 2 saturated carbocycles. The lowest BCUT2D eigenvalue weighted by atomic mass is 9.88. The van der Waals surface area contributed by atoms with Gasteiger partial charge in [-0.1, -0.05) is 25.3 Å². The van der Waals surface area contributed by atoms with E-state index in [1.54, 1.807) is 12.4 Å². The van der Waals surface area contributed by atoms with Crippen LogP contribution in [0.1, 0.15) is 51.4 Å². The molecule has 2 heterocycles. The van der Waals surface area contributed by atoms with Gasteiger partial charge < -0.3 is 10.6 Å². The zero-order valence-corrected chi connectivity index (χ0v) is 15.6. The zero-order valence-electron chi connectivity index (χ0n) is 15.6. The number of carbonyl (C=O) groups excluding carboxylic acids is 1. The van der Waals surface area contributed by atoms with Crippen LogP contribution in [0.4, 0.5) is 5.95 Å². The molecule has 2 atom stereocenters. The monoisotopic (exact) mass is 365 g/mol. The van der Waals surface area contributed by atoms with E-state index in [4.69, 9.17) is 0 Å². The van der Waals surface area contributed by atoms with Crippen LogP contribution < -0.4 is 10.6 Å². The van der Waals surface area contributed by atoms with Gasteiger partial charge in [0.15, 0.2) is 0 Å². The van der Waals surface area contributed by atoms with E-state index in [1.807, 2.05) is 24.3 Å². The van der Waals surface area contributed by atoms with Gasteiger partial charge in [0.25, 0.3) is 0 Å². The first-order chi connectivity index (χ1) is 13.3. The number of nitrogens with one attached hydrogen (secondary N) is 2. The SMILES string of the molecule is O=C(N[C@H]1CC[C@H](Nc2nccc(-c3ccccn3)n2)C1)C1CCCCC1. The summed E-state index contributed by atoms with van der Waals surface area (Å²) in [5.74, 6) is 1.11. The molecule has 2 aliphatic carbocycles. The third kappa shape index (κ3) is 4.62. The molecule has 27 heavy (non-hydrogen) atoms. The van der Waals surface area contributed by atoms with E-state index in [9.17, 15) is 4.79 Å². The molecule has 0 saturated heterocycles. The maximum absolute atomic E-state index is 12.5. The Labute approximate surface area is 160 Å². The van der Waals surface area contributed by atoms with Crippen molar-refractivity contribution in [2.45, 2.75) is 63.5 Å². The topological polar surface area (TPSA) is 79.8 Å². The van der Waals surface area contributed by atoms with Crippen molar-refractivity contribution >= 4 is 11.9 Å². The van der Waals surface area contributed by atoms with E-state index in [1.165, 1.54) is 19.3 Å². The fraction of sp³-hybridized carbons (Fsp3) is 0.524. The van der Waals surface area contributed by atoms with Crippen molar-refractivity contribution < 1.29 is 4.79 Å². The van der Waals surface area contributed by atoms with Crippen LogP contribution >= 0.6 is 0 Å². The minimum Gasteiger partial charge on any atom is -0.353 e. The molecule has 4 rings (SSSR count). The molecule has 0 radical (unpaired) electrons. The molecular formula is C21H27N5O. The highest BCUT2D eigenvalue weighted by atomic mass is 16.1. The summed E-state index contributed by atoms with van der Waals surface area (Å²) in [4.78, 5) is 25.7. The number of anilines is 1. The highest BCUT2D eigenvalue weighted by Crippen LogP contribution is 2.26. The molecular weight excluding hydrogens is 338 g/mol. The standard InChI is InChI=1S/C21H27N5O/c27-20(15-6-2-1-3-7-15)24-16-9-10-17(14-16)25-21-23-13-11-19(26-21)18-8-4-5-12-22-18/h4-5,8,11-13,15-17H,1-3,6-7,9-10,14H2,(H,24,27)(H,23,25,26)/t16-,17-/m0/s1. The summed E-state index contributed by atoms with van der Waals surface area (Å²) >= 11 is 0. The fourth-order valence-electron chi connectivity index (χ4n) is 4.20. The Kier molecular flexibility index (Phi) is 5.61. The first kappa shape index (κ1) is 17.9. The summed E-state index contributed by atoms with van der Waals surface area (Å²) in [5, 5.41) is 6.70. The molecule has 2 aliphatic rings. The number of hydrogen-bond acceptors (Lipinski definition) is 5. The average Bonchev–Trinajstić information content (AvgIpc) is 3.16. The molecule has 2 fully saturated rings. The minimum atomic E-state index is 0.226. The number of hydrogen-bond donors (Lipinski definition) is 2. The molecule has 0 bridgehead atoms. The van der Waals surface area contributed by atoms with Crippen LogP contribution in [0.25, 0.3) is 11.4 Å². The van der Waals surface area contributed by atoms with Gasteiger partial charge in [-0.15, -0.1) is 0 Å². The van der Waals surface area contributed by atoms with Crippen molar-refractivity contribution in [2.24, 2.45) is 5.92 Å². The van der Waals surface area contributed by atoms with Gasteiger partial charge in [-0.3, -0.25) is 9.78 Å². The van der Waals surface area contributed by atoms with Gasteiger partial charge in [-0.2, -0.15) is 0 Å². The molecule has 2 aromatic rings. The molecule has 6 heteroatoms. The summed E-state index contributed by atoms with van der Waals surface area (Å²) in [6.45, 7) is 0. The van der Waals surface area contributed by atoms with E-state index in [-0.39, 0.29) is 17.9 Å². The first-order valence-electron chi connectivity index (χ1n) is 10.1. The normalized spacial score (nSPS) is 23.1. The lowest BCUT2D eigenvalue weighted by Crippen LogP contribution is -2.38. The largest absolute Gasteiger partial charge is 0.353 e. The molecule has 2 aromatic heterocycles. The van der Waals surface area contributed by atoms with Gasteiger partial charge in [0, 0.05) is 30.4 Å². The van der Waals surface area contributed by atoms with E-state index in [0.717, 1.165) is 43.5 Å². The fourth-order valence-corrected chi connectivity index (χ4v) is 4.20. The number of pyridine rings is 1. The average molecular weight is 365 g/mol. The number of amides is 1. The van der Waals surface area contributed by atoms with Crippen LogP contribution in [0.3, 0.4) is 0 Å². The summed E-state index contributed by atoms with van der Waals surface area (Å²) in [7, 11) is 0. The Hall–Kier alpha value is -2.50. The van der Waals surface area contributed by atoms with Gasteiger partial charge in [-0.05, 0) is 50.3 Å². The Morgan fingerprint density at radius 1 is 0.889 bits per heavy atom. The van der Waals surface area contributed by atoms with E-state index in [0.29, 0.717) is 12.0 Å². The molecule has 6 nitrogen and oxygen atoms in total. The van der Waals surface area contributed by atoms with Crippen LogP contribution in [-0.2, 0) is 4.79 Å². The van der Waals surface area contributed by atoms with E-state index < -0.39 is 0 Å². The highest BCUT2D eigenvalue weighted by molar-refractivity contribution is 5.79. The third-order valence-electron chi connectivity index (χ3n) is 5.67. The molecule has 0 aromatic carbocycles. The summed E-state index contributed by atoms with van der Waals surface area (Å²) in [5.41, 5.74) is 1.65. The highest BCUT2D eigenvalue weighted by Gasteiger charge is 2.29. The maximum Gasteiger partial charge on any atom is 0.223 e. The minimum absolute atomic E-state index is 0.226. The predicted molar refractivity (Wildman–Crippen MR) is 105 cm³/mol. The number of rotatable bonds is 5. The third-order valence-corrected chi connectivity index (χ3v) is 5.67. The van der Waals surface area contributed by atoms with Crippen LogP contribution in [0, 0.1) is 5.92 Å². The van der Waals surface area contributed by atoms with Crippen LogP contribution in [0.5, 0.6) is 0 Å². The molecule has 2 N–H and O–H groups in total. The maximum atomic E-state index is 12.5. The van der Waals surface area contributed by atoms with Gasteiger partial charge in [0.1, 0.15) is 0 Å². The summed E-state index contributed by atoms with van der Waals surface area (Å²) in [6, 6.07) is 8.21. The zero-order chi connectivity index (χ0) is 18.5. The second-order valence-electron chi connectivity index (χ2n) is 7.68. The molecule has 0 unspecified atom stereocenters. The second-order valence-corrected chi connectivity index (χ2v) is 7.68. The van der Waals surface area contributed by atoms with Gasteiger partial charge >= 0.3 is 0 Å². The Bertz CT molecular complexity index is 760. The number of aromatic nitrogens is 3. The van der Waals surface area contributed by atoms with E-state index >= 15 is 0 Å². The Balaban J connectivity index is 1.31. The van der Waals surface area contributed by atoms with E-state index in [2.05, 4.69) is 25.6 Å². The van der Waals surface area contributed by atoms with Gasteiger partial charge in [-0.25, -0.2) is 9.97 Å². The number of nitrogens with zero attached hydrogens (tertiary/aromatic N) is 3. The lowest BCUT2D eigenvalue weighted by Gasteiger charge is -2.23. The van der Waals surface area contributed by atoms with Gasteiger partial charge in [0.2, 0.25) is 11.9 Å². The molecule has 0 spiro atoms. The molecule has 142 valence electrons. The van der Waals surface area contributed by atoms with Gasteiger partial charge in [0.05, 0.1) is 11.4 Å². The van der Waals surface area contributed by atoms with Crippen LogP contribution in [0.15, 0.2) is 36.7 Å². The van der Waals surface area contributed by atoms with Crippen molar-refractivity contribution in [1.29, 1.82) is 0 Å². The van der Waals surface area contributed by atoms with Crippen molar-refractivity contribution in [1.82, 2.24) is 20.3 Å². The van der Waals surface area contributed by atoms with Crippen molar-refractivity contribution in [3.63, 3.8) is 0 Å². The van der Waals surface area contributed by atoms with Crippen molar-refractivity contribution in [2.75, 3.05) is 5.32 Å². The Morgan fingerprint density at radius 3 is 2.56 bits per heavy atom. The number of carbonyl (C=O) groups is 1. The van der Waals surface area contributed by atoms with Crippen molar-refractivity contribution in [3.05, 3.63) is 36.7 Å². The summed E-state index contributed by atoms with van der Waals surface area (Å²) in [6.07, 6.45) is 12.2. The van der Waals surface area contributed by atoms with Crippen LogP contribution in [0.2, 0.25) is 0 Å². The molecule has 0 aliphatic heterocycles. The van der Waals surface area contributed by atoms with Crippen molar-refractivity contribution in [3.8, 4) is 11.4 Å². The second kappa shape index (κ2) is 8.46. The lowest BCUT2D eigenvalue weighted by molar-refractivity contribution is -0.126. The summed E-state index contributed by atoms with van der Waals surface area (Å²) < 4.78 is 0. The first-order valence-corrected chi connectivity index (χ1v) is 10.1. The predicted octanol–water partition coefficient (Wildman–Crippen LogP) is 3.57. The Morgan fingerprint density at radius 2 is 1.74 bits per heavy atom. The quantitative estimate of drug-likeness (QED) is 0.847. The van der Waals surface area contributed by atoms with Crippen LogP contribution in [-0.4, -0.2) is 32.9 Å². The molecule has 1 amide bonds. The smallest absolute Gasteiger partial charge is 0.223 e.